The van der Waals surface area contributed by atoms with Crippen LogP contribution in [-0.2, 0) is 11.4 Å². The molecule has 1 N–H and O–H groups in total. The Labute approximate surface area is 202 Å². The van der Waals surface area contributed by atoms with Crippen LogP contribution in [0.5, 0.6) is 11.5 Å². The number of halogens is 2. The Bertz CT molecular complexity index is 1240. The molecule has 0 spiro atoms. The van der Waals surface area contributed by atoms with Gasteiger partial charge in [-0.25, -0.2) is 0 Å². The first-order valence-corrected chi connectivity index (χ1v) is 10.5. The second-order valence-electron chi connectivity index (χ2n) is 6.75. The maximum atomic E-state index is 12.5. The van der Waals surface area contributed by atoms with Crippen molar-refractivity contribution in [2.45, 2.75) is 6.61 Å². The van der Waals surface area contributed by atoms with Crippen LogP contribution in [0.15, 0.2) is 72.3 Å². The topological polar surface area (TPSA) is 71.3 Å². The largest absolute Gasteiger partial charge is 0.489 e. The van der Waals surface area contributed by atoms with Crippen LogP contribution in [0, 0.1) is 23.7 Å². The predicted molar refractivity (Wildman–Crippen MR) is 130 cm³/mol. The summed E-state index contributed by atoms with van der Waals surface area (Å²) in [6.45, 7) is 0.477. The minimum atomic E-state index is -0.545. The first-order chi connectivity index (χ1) is 16.0. The molecule has 0 fully saturated rings. The third-order valence-corrected chi connectivity index (χ3v) is 4.92. The summed E-state index contributed by atoms with van der Waals surface area (Å²) < 4.78 is 11.0. The number of terminal acetylenes is 1. The van der Waals surface area contributed by atoms with Gasteiger partial charge in [0, 0.05) is 10.7 Å². The number of rotatable bonds is 8. The number of hydrogen-bond donors (Lipinski definition) is 1. The molecule has 3 aromatic rings. The van der Waals surface area contributed by atoms with E-state index in [2.05, 4.69) is 11.2 Å². The summed E-state index contributed by atoms with van der Waals surface area (Å²) in [5.74, 6) is 2.87. The molecule has 5 nitrogen and oxygen atoms in total. The standard InChI is InChI=1S/C26H18Cl2N2O3/c1-2-13-32-25-12-5-19(15-24(25)28)14-20(16-29)26(31)30-22-8-10-23(11-9-22)33-17-18-3-6-21(27)7-4-18/h1,3-12,14-15H,13,17H2,(H,30,31)/b20-14+. The maximum absolute atomic E-state index is 12.5. The van der Waals surface area contributed by atoms with Gasteiger partial charge in [-0.05, 0) is 65.7 Å². The van der Waals surface area contributed by atoms with E-state index < -0.39 is 5.91 Å². The average molecular weight is 477 g/mol. The number of ether oxygens (including phenoxy) is 2. The van der Waals surface area contributed by atoms with Crippen LogP contribution in [0.1, 0.15) is 11.1 Å². The van der Waals surface area contributed by atoms with Crippen LogP contribution < -0.4 is 14.8 Å². The summed E-state index contributed by atoms with van der Waals surface area (Å²) in [6, 6.07) is 21.0. The number of nitrogens with one attached hydrogen (secondary N) is 1. The lowest BCUT2D eigenvalue weighted by Crippen LogP contribution is -2.13. The molecule has 33 heavy (non-hydrogen) atoms. The van der Waals surface area contributed by atoms with Gasteiger partial charge in [-0.1, -0.05) is 47.3 Å². The van der Waals surface area contributed by atoms with Gasteiger partial charge in [-0.3, -0.25) is 4.79 Å². The highest BCUT2D eigenvalue weighted by atomic mass is 35.5. The lowest BCUT2D eigenvalue weighted by atomic mass is 10.1. The fourth-order valence-electron chi connectivity index (χ4n) is 2.74. The summed E-state index contributed by atoms with van der Waals surface area (Å²) in [5.41, 5.74) is 2.00. The van der Waals surface area contributed by atoms with Crippen molar-refractivity contribution in [2.24, 2.45) is 0 Å². The zero-order valence-electron chi connectivity index (χ0n) is 17.3. The van der Waals surface area contributed by atoms with E-state index in [1.165, 1.54) is 6.08 Å². The number of benzene rings is 3. The molecule has 0 bridgehead atoms. The Hall–Kier alpha value is -3.90. The molecule has 0 aromatic heterocycles. The van der Waals surface area contributed by atoms with Gasteiger partial charge >= 0.3 is 0 Å². The summed E-state index contributed by atoms with van der Waals surface area (Å²) in [7, 11) is 0. The maximum Gasteiger partial charge on any atom is 0.266 e. The van der Waals surface area contributed by atoms with Gasteiger partial charge in [0.25, 0.3) is 5.91 Å². The number of hydrogen-bond acceptors (Lipinski definition) is 4. The zero-order chi connectivity index (χ0) is 23.6. The van der Waals surface area contributed by atoms with Crippen LogP contribution in [0.25, 0.3) is 6.08 Å². The van der Waals surface area contributed by atoms with Crippen LogP contribution in [0.3, 0.4) is 0 Å². The first kappa shape index (κ1) is 23.8. The molecule has 0 saturated heterocycles. The number of carbonyl (C=O) groups excluding carboxylic acids is 1. The van der Waals surface area contributed by atoms with Crippen molar-refractivity contribution < 1.29 is 14.3 Å². The molecule has 0 heterocycles. The van der Waals surface area contributed by atoms with Crippen LogP contribution in [0.2, 0.25) is 10.0 Å². The lowest BCUT2D eigenvalue weighted by Gasteiger charge is -2.09. The smallest absolute Gasteiger partial charge is 0.266 e. The van der Waals surface area contributed by atoms with E-state index in [1.807, 2.05) is 18.2 Å². The molecule has 3 rings (SSSR count). The van der Waals surface area contributed by atoms with Gasteiger partial charge in [-0.2, -0.15) is 5.26 Å². The molecule has 7 heteroatoms. The molecule has 0 unspecified atom stereocenters. The second kappa shape index (κ2) is 11.6. The van der Waals surface area contributed by atoms with Crippen molar-refractivity contribution in [3.05, 3.63) is 93.5 Å². The Morgan fingerprint density at radius 3 is 2.39 bits per heavy atom. The summed E-state index contributed by atoms with van der Waals surface area (Å²) in [6.07, 6.45) is 6.61. The van der Waals surface area contributed by atoms with Gasteiger partial charge in [0.2, 0.25) is 0 Å². The predicted octanol–water partition coefficient (Wildman–Crippen LogP) is 6.13. The van der Waals surface area contributed by atoms with E-state index >= 15 is 0 Å². The van der Waals surface area contributed by atoms with Crippen molar-refractivity contribution in [1.29, 1.82) is 5.26 Å². The van der Waals surface area contributed by atoms with E-state index in [4.69, 9.17) is 39.1 Å². The molecular weight excluding hydrogens is 459 g/mol. The molecule has 0 aliphatic heterocycles. The van der Waals surface area contributed by atoms with Crippen LogP contribution >= 0.6 is 23.2 Å². The third-order valence-electron chi connectivity index (χ3n) is 4.37. The third kappa shape index (κ3) is 7.05. The normalized spacial score (nSPS) is 10.6. The Balaban J connectivity index is 1.62. The highest BCUT2D eigenvalue weighted by molar-refractivity contribution is 6.32. The van der Waals surface area contributed by atoms with E-state index in [0.29, 0.717) is 39.4 Å². The second-order valence-corrected chi connectivity index (χ2v) is 7.59. The Kier molecular flexibility index (Phi) is 8.38. The van der Waals surface area contributed by atoms with Gasteiger partial charge in [0.05, 0.1) is 5.02 Å². The van der Waals surface area contributed by atoms with E-state index in [-0.39, 0.29) is 12.2 Å². The van der Waals surface area contributed by atoms with Crippen molar-refractivity contribution in [3.8, 4) is 29.9 Å². The SMILES string of the molecule is C#CCOc1ccc(/C=C(\C#N)C(=O)Nc2ccc(OCc3ccc(Cl)cc3)cc2)cc1Cl. The van der Waals surface area contributed by atoms with E-state index in [1.54, 1.807) is 54.6 Å². The highest BCUT2D eigenvalue weighted by Gasteiger charge is 2.11. The summed E-state index contributed by atoms with van der Waals surface area (Å²) >= 11 is 12.0. The molecule has 0 saturated carbocycles. The van der Waals surface area contributed by atoms with E-state index in [0.717, 1.165) is 5.56 Å². The Morgan fingerprint density at radius 1 is 1.03 bits per heavy atom. The number of nitriles is 1. The average Bonchev–Trinajstić information content (AvgIpc) is 2.82. The quantitative estimate of drug-likeness (QED) is 0.241. The summed E-state index contributed by atoms with van der Waals surface area (Å²) in [5, 5.41) is 13.1. The number of carbonyl (C=O) groups is 1. The fraction of sp³-hybridized carbons (Fsp3) is 0.0769. The number of amides is 1. The van der Waals surface area contributed by atoms with Crippen molar-refractivity contribution >= 4 is 40.9 Å². The first-order valence-electron chi connectivity index (χ1n) is 9.75. The van der Waals surface area contributed by atoms with Crippen LogP contribution in [-0.4, -0.2) is 12.5 Å². The lowest BCUT2D eigenvalue weighted by molar-refractivity contribution is -0.112. The molecule has 0 atom stereocenters. The van der Waals surface area contributed by atoms with Crippen molar-refractivity contribution in [1.82, 2.24) is 0 Å². The van der Waals surface area contributed by atoms with Crippen molar-refractivity contribution in [3.63, 3.8) is 0 Å². The van der Waals surface area contributed by atoms with Gasteiger partial charge in [0.15, 0.2) is 0 Å². The van der Waals surface area contributed by atoms with E-state index in [9.17, 15) is 10.1 Å². The molecular formula is C26H18Cl2N2O3. The van der Waals surface area contributed by atoms with Gasteiger partial charge in [-0.15, -0.1) is 6.42 Å². The zero-order valence-corrected chi connectivity index (χ0v) is 18.9. The molecule has 164 valence electrons. The molecule has 0 radical (unpaired) electrons. The van der Waals surface area contributed by atoms with Gasteiger partial charge in [0.1, 0.15) is 36.4 Å². The van der Waals surface area contributed by atoms with Crippen LogP contribution in [0.4, 0.5) is 5.69 Å². The highest BCUT2D eigenvalue weighted by Crippen LogP contribution is 2.26. The summed E-state index contributed by atoms with van der Waals surface area (Å²) in [4.78, 5) is 12.5. The molecule has 0 aliphatic carbocycles. The van der Waals surface area contributed by atoms with Crippen molar-refractivity contribution in [2.75, 3.05) is 11.9 Å². The van der Waals surface area contributed by atoms with Gasteiger partial charge < -0.3 is 14.8 Å². The molecule has 3 aromatic carbocycles. The monoisotopic (exact) mass is 476 g/mol. The Morgan fingerprint density at radius 2 is 1.76 bits per heavy atom. The molecule has 1 amide bonds. The minimum Gasteiger partial charge on any atom is -0.489 e. The minimum absolute atomic E-state index is 0.0774. The molecule has 0 aliphatic rings. The number of nitrogens with zero attached hydrogens (tertiary/aromatic N) is 1. The fourth-order valence-corrected chi connectivity index (χ4v) is 3.11. The number of anilines is 1.